The van der Waals surface area contributed by atoms with E-state index >= 15 is 0 Å². The summed E-state index contributed by atoms with van der Waals surface area (Å²) in [7, 11) is 1.32. The molecule has 0 bridgehead atoms. The molecule has 4 nitrogen and oxygen atoms in total. The highest BCUT2D eigenvalue weighted by Crippen LogP contribution is 2.16. The van der Waals surface area contributed by atoms with Gasteiger partial charge < -0.3 is 9.84 Å². The maximum Gasteiger partial charge on any atom is 0.305 e. The first kappa shape index (κ1) is 13.2. The average Bonchev–Trinajstić information content (AvgIpc) is 2.38. The van der Waals surface area contributed by atoms with E-state index in [4.69, 9.17) is 5.26 Å². The number of methoxy groups -OCH3 is 1. The van der Waals surface area contributed by atoms with E-state index in [0.717, 1.165) is 5.56 Å². The van der Waals surface area contributed by atoms with Crippen LogP contribution in [0.25, 0.3) is 0 Å². The topological polar surface area (TPSA) is 70.3 Å². The van der Waals surface area contributed by atoms with E-state index in [1.807, 2.05) is 12.1 Å². The number of hydrogen-bond donors (Lipinski definition) is 1. The highest BCUT2D eigenvalue weighted by Gasteiger charge is 2.15. The van der Waals surface area contributed by atoms with Gasteiger partial charge in [0.25, 0.3) is 0 Å². The number of carbonyl (C=O) groups excluding carboxylic acids is 1. The van der Waals surface area contributed by atoms with Crippen LogP contribution < -0.4 is 0 Å². The normalized spacial score (nSPS) is 11.6. The van der Waals surface area contributed by atoms with Crippen LogP contribution in [0.2, 0.25) is 0 Å². The van der Waals surface area contributed by atoms with E-state index in [2.05, 4.69) is 10.8 Å². The van der Waals surface area contributed by atoms with Crippen LogP contribution in [-0.2, 0) is 16.0 Å². The molecule has 1 N–H and O–H groups in total. The zero-order valence-electron chi connectivity index (χ0n) is 9.72. The first-order valence-corrected chi connectivity index (χ1v) is 5.37. The van der Waals surface area contributed by atoms with Crippen LogP contribution in [0.15, 0.2) is 24.3 Å². The third kappa shape index (κ3) is 3.89. The van der Waals surface area contributed by atoms with Crippen LogP contribution in [-0.4, -0.2) is 24.8 Å². The Morgan fingerprint density at radius 1 is 1.53 bits per heavy atom. The molecular weight excluding hydrogens is 218 g/mol. The fraction of sp³-hybridized carbons (Fsp3) is 0.385. The summed E-state index contributed by atoms with van der Waals surface area (Å²) >= 11 is 0. The number of aliphatic hydroxyl groups excluding tert-OH is 1. The molecule has 0 saturated heterocycles. The van der Waals surface area contributed by atoms with Gasteiger partial charge in [0.1, 0.15) is 0 Å². The van der Waals surface area contributed by atoms with Gasteiger partial charge in [-0.1, -0.05) is 18.2 Å². The molecule has 90 valence electrons. The van der Waals surface area contributed by atoms with Crippen LogP contribution in [0.1, 0.15) is 17.5 Å². The Hall–Kier alpha value is -1.86. The third-order valence-electron chi connectivity index (χ3n) is 2.59. The van der Waals surface area contributed by atoms with Crippen molar-refractivity contribution in [2.45, 2.75) is 12.8 Å². The highest BCUT2D eigenvalue weighted by atomic mass is 16.5. The number of nitrogens with zero attached hydrogens (tertiary/aromatic N) is 1. The van der Waals surface area contributed by atoms with Crippen molar-refractivity contribution in [1.29, 1.82) is 5.26 Å². The quantitative estimate of drug-likeness (QED) is 0.777. The lowest BCUT2D eigenvalue weighted by molar-refractivity contribution is -0.142. The first-order chi connectivity index (χ1) is 8.21. The fourth-order valence-electron chi connectivity index (χ4n) is 1.64. The third-order valence-corrected chi connectivity index (χ3v) is 2.59. The van der Waals surface area contributed by atoms with Crippen molar-refractivity contribution in [3.8, 4) is 6.07 Å². The SMILES string of the molecule is COC(=O)CC(CO)Cc1ccccc1C#N. The van der Waals surface area contributed by atoms with Crippen molar-refractivity contribution in [2.24, 2.45) is 5.92 Å². The molecule has 1 aromatic carbocycles. The Bertz CT molecular complexity index is 423. The van der Waals surface area contributed by atoms with Gasteiger partial charge in [0.2, 0.25) is 0 Å². The number of rotatable bonds is 5. The Morgan fingerprint density at radius 2 is 2.24 bits per heavy atom. The van der Waals surface area contributed by atoms with Gasteiger partial charge in [-0.05, 0) is 24.0 Å². The maximum atomic E-state index is 11.1. The molecule has 0 fully saturated rings. The number of ether oxygens (including phenoxy) is 1. The van der Waals surface area contributed by atoms with Crippen molar-refractivity contribution >= 4 is 5.97 Å². The molecule has 1 rings (SSSR count). The van der Waals surface area contributed by atoms with Crippen LogP contribution in [0.4, 0.5) is 0 Å². The molecule has 4 heteroatoms. The van der Waals surface area contributed by atoms with Crippen molar-refractivity contribution in [2.75, 3.05) is 13.7 Å². The van der Waals surface area contributed by atoms with Crippen molar-refractivity contribution < 1.29 is 14.6 Å². The smallest absolute Gasteiger partial charge is 0.305 e. The maximum absolute atomic E-state index is 11.1. The van der Waals surface area contributed by atoms with Crippen molar-refractivity contribution in [1.82, 2.24) is 0 Å². The summed E-state index contributed by atoms with van der Waals surface area (Å²) in [4.78, 5) is 11.1. The predicted octanol–water partition coefficient (Wildman–Crippen LogP) is 1.27. The van der Waals surface area contributed by atoms with Crippen LogP contribution in [0.3, 0.4) is 0 Å². The number of esters is 1. The minimum Gasteiger partial charge on any atom is -0.469 e. The molecule has 0 radical (unpaired) electrons. The van der Waals surface area contributed by atoms with Gasteiger partial charge in [-0.25, -0.2) is 0 Å². The van der Waals surface area contributed by atoms with Crippen LogP contribution >= 0.6 is 0 Å². The molecule has 0 heterocycles. The van der Waals surface area contributed by atoms with E-state index in [0.29, 0.717) is 12.0 Å². The molecule has 0 aliphatic carbocycles. The summed E-state index contributed by atoms with van der Waals surface area (Å²) in [6, 6.07) is 9.27. The Labute approximate surface area is 100 Å². The van der Waals surface area contributed by atoms with E-state index in [1.165, 1.54) is 7.11 Å². The van der Waals surface area contributed by atoms with Gasteiger partial charge >= 0.3 is 5.97 Å². The molecule has 0 aliphatic heterocycles. The summed E-state index contributed by atoms with van der Waals surface area (Å²) in [5.74, 6) is -0.560. The lowest BCUT2D eigenvalue weighted by atomic mass is 9.94. The molecule has 1 aromatic rings. The molecule has 0 aromatic heterocycles. The van der Waals surface area contributed by atoms with Gasteiger partial charge in [0.15, 0.2) is 0 Å². The van der Waals surface area contributed by atoms with E-state index < -0.39 is 0 Å². The zero-order chi connectivity index (χ0) is 12.7. The van der Waals surface area contributed by atoms with E-state index in [-0.39, 0.29) is 24.9 Å². The van der Waals surface area contributed by atoms with E-state index in [9.17, 15) is 9.90 Å². The monoisotopic (exact) mass is 233 g/mol. The summed E-state index contributed by atoms with van der Waals surface area (Å²) in [6.07, 6.45) is 0.655. The number of benzene rings is 1. The van der Waals surface area contributed by atoms with Crippen LogP contribution in [0, 0.1) is 17.2 Å². The summed E-state index contributed by atoms with van der Waals surface area (Å²) in [6.45, 7) is -0.102. The molecular formula is C13H15NO3. The van der Waals surface area contributed by atoms with Gasteiger partial charge in [-0.2, -0.15) is 5.26 Å². The Morgan fingerprint density at radius 3 is 2.82 bits per heavy atom. The molecule has 0 spiro atoms. The number of hydrogen-bond acceptors (Lipinski definition) is 4. The number of carbonyl (C=O) groups is 1. The first-order valence-electron chi connectivity index (χ1n) is 5.37. The van der Waals surface area contributed by atoms with Gasteiger partial charge in [0.05, 0.1) is 25.2 Å². The predicted molar refractivity (Wildman–Crippen MR) is 62.1 cm³/mol. The fourth-order valence-corrected chi connectivity index (χ4v) is 1.64. The molecule has 1 unspecified atom stereocenters. The Kier molecular flexibility index (Phi) is 5.18. The minimum atomic E-state index is -0.349. The van der Waals surface area contributed by atoms with Crippen LogP contribution in [0.5, 0.6) is 0 Å². The van der Waals surface area contributed by atoms with Crippen molar-refractivity contribution in [3.05, 3.63) is 35.4 Å². The molecule has 1 atom stereocenters. The second-order valence-corrected chi connectivity index (χ2v) is 3.80. The van der Waals surface area contributed by atoms with E-state index in [1.54, 1.807) is 12.1 Å². The number of aliphatic hydroxyl groups is 1. The van der Waals surface area contributed by atoms with Gasteiger partial charge in [-0.3, -0.25) is 4.79 Å². The summed E-state index contributed by atoms with van der Waals surface area (Å²) < 4.78 is 4.56. The standard InChI is InChI=1S/C13H15NO3/c1-17-13(16)7-10(9-15)6-11-4-2-3-5-12(11)8-14/h2-5,10,15H,6-7,9H2,1H3. The highest BCUT2D eigenvalue weighted by molar-refractivity contribution is 5.69. The summed E-state index contributed by atoms with van der Waals surface area (Å²) in [5, 5.41) is 18.1. The molecule has 0 aliphatic rings. The van der Waals surface area contributed by atoms with Crippen molar-refractivity contribution in [3.63, 3.8) is 0 Å². The average molecular weight is 233 g/mol. The Balaban J connectivity index is 2.74. The molecule has 17 heavy (non-hydrogen) atoms. The minimum absolute atomic E-state index is 0.102. The van der Waals surface area contributed by atoms with Gasteiger partial charge in [-0.15, -0.1) is 0 Å². The molecule has 0 saturated carbocycles. The summed E-state index contributed by atoms with van der Waals surface area (Å²) in [5.41, 5.74) is 1.42. The van der Waals surface area contributed by atoms with Gasteiger partial charge in [0, 0.05) is 6.61 Å². The molecule has 0 amide bonds. The zero-order valence-corrected chi connectivity index (χ0v) is 9.72. The largest absolute Gasteiger partial charge is 0.469 e. The lowest BCUT2D eigenvalue weighted by Gasteiger charge is -2.13. The second-order valence-electron chi connectivity index (χ2n) is 3.80. The lowest BCUT2D eigenvalue weighted by Crippen LogP contribution is -2.16. The number of nitriles is 1. The second kappa shape index (κ2) is 6.66.